The van der Waals surface area contributed by atoms with Crippen molar-refractivity contribution in [2.45, 2.75) is 58.2 Å². The molecular weight excluding hydrogens is 255 g/mol. The molecule has 1 atom stereocenters. The zero-order chi connectivity index (χ0) is 14.3. The highest BCUT2D eigenvalue weighted by Gasteiger charge is 2.42. The molecule has 2 fully saturated rings. The summed E-state index contributed by atoms with van der Waals surface area (Å²) in [5.41, 5.74) is -0.365. The number of carbonyl (C=O) groups excluding carboxylic acids is 1. The lowest BCUT2D eigenvalue weighted by atomic mass is 9.71. The summed E-state index contributed by atoms with van der Waals surface area (Å²) in [7, 11) is 0. The van der Waals surface area contributed by atoms with Crippen LogP contribution in [0.25, 0.3) is 0 Å². The van der Waals surface area contributed by atoms with Gasteiger partial charge in [-0.25, -0.2) is 0 Å². The van der Waals surface area contributed by atoms with Gasteiger partial charge in [-0.2, -0.15) is 13.2 Å². The number of rotatable bonds is 4. The SMILES string of the molecule is CC1(C)CCCC(CN(CC(F)(F)F)C2CC2)C1=O. The summed E-state index contributed by atoms with van der Waals surface area (Å²) in [6, 6.07) is 0.0412. The van der Waals surface area contributed by atoms with Crippen LogP contribution < -0.4 is 0 Å². The van der Waals surface area contributed by atoms with E-state index in [0.29, 0.717) is 0 Å². The molecule has 110 valence electrons. The molecule has 0 N–H and O–H groups in total. The lowest BCUT2D eigenvalue weighted by molar-refractivity contribution is -0.152. The summed E-state index contributed by atoms with van der Waals surface area (Å²) in [5.74, 6) is -0.0710. The van der Waals surface area contributed by atoms with Crippen molar-refractivity contribution in [3.05, 3.63) is 0 Å². The highest BCUT2D eigenvalue weighted by atomic mass is 19.4. The molecule has 0 radical (unpaired) electrons. The zero-order valence-electron chi connectivity index (χ0n) is 11.6. The van der Waals surface area contributed by atoms with Crippen LogP contribution >= 0.6 is 0 Å². The van der Waals surface area contributed by atoms with Gasteiger partial charge in [-0.05, 0) is 25.7 Å². The van der Waals surface area contributed by atoms with Gasteiger partial charge in [0.1, 0.15) is 5.78 Å². The van der Waals surface area contributed by atoms with Crippen LogP contribution in [0.3, 0.4) is 0 Å². The van der Waals surface area contributed by atoms with E-state index in [0.717, 1.165) is 32.1 Å². The van der Waals surface area contributed by atoms with Gasteiger partial charge in [0.2, 0.25) is 0 Å². The third-order valence-corrected chi connectivity index (χ3v) is 4.29. The van der Waals surface area contributed by atoms with Crippen LogP contribution in [0, 0.1) is 11.3 Å². The Kier molecular flexibility index (Phi) is 3.96. The Hall–Kier alpha value is -0.580. The summed E-state index contributed by atoms with van der Waals surface area (Å²) in [6.45, 7) is 3.23. The van der Waals surface area contributed by atoms with E-state index < -0.39 is 12.7 Å². The normalized spacial score (nSPS) is 27.9. The molecule has 0 aliphatic heterocycles. The maximum Gasteiger partial charge on any atom is 0.401 e. The van der Waals surface area contributed by atoms with Crippen LogP contribution in [-0.2, 0) is 4.79 Å². The Labute approximate surface area is 112 Å². The van der Waals surface area contributed by atoms with Crippen LogP contribution in [0.4, 0.5) is 13.2 Å². The standard InChI is InChI=1S/C14H22F3NO/c1-13(2)7-3-4-10(12(13)19)8-18(11-5-6-11)9-14(15,16)17/h10-11H,3-9H2,1-2H3. The van der Waals surface area contributed by atoms with Crippen LogP contribution in [0.15, 0.2) is 0 Å². The molecule has 2 aliphatic carbocycles. The fraction of sp³-hybridized carbons (Fsp3) is 0.929. The lowest BCUT2D eigenvalue weighted by Gasteiger charge is -2.36. The summed E-state index contributed by atoms with van der Waals surface area (Å²) in [5, 5.41) is 0. The molecule has 5 heteroatoms. The molecule has 2 rings (SSSR count). The van der Waals surface area contributed by atoms with E-state index >= 15 is 0 Å². The summed E-state index contributed by atoms with van der Waals surface area (Å²) < 4.78 is 37.7. The van der Waals surface area contributed by atoms with Crippen molar-refractivity contribution in [1.82, 2.24) is 4.90 Å². The minimum atomic E-state index is -4.17. The number of hydrogen-bond donors (Lipinski definition) is 0. The largest absolute Gasteiger partial charge is 0.401 e. The number of Topliss-reactive ketones (excluding diaryl/α,β-unsaturated/α-hetero) is 1. The van der Waals surface area contributed by atoms with E-state index in [-0.39, 0.29) is 29.7 Å². The Morgan fingerprint density at radius 2 is 1.89 bits per heavy atom. The predicted octanol–water partition coefficient (Wildman–Crippen LogP) is 3.41. The topological polar surface area (TPSA) is 20.3 Å². The van der Waals surface area contributed by atoms with Gasteiger partial charge >= 0.3 is 6.18 Å². The van der Waals surface area contributed by atoms with Crippen molar-refractivity contribution in [2.75, 3.05) is 13.1 Å². The molecule has 1 unspecified atom stereocenters. The molecule has 2 nitrogen and oxygen atoms in total. The molecule has 0 aromatic carbocycles. The molecule has 2 aliphatic rings. The van der Waals surface area contributed by atoms with E-state index in [1.807, 2.05) is 13.8 Å². The molecule has 19 heavy (non-hydrogen) atoms. The molecule has 0 saturated heterocycles. The molecule has 0 aromatic heterocycles. The molecule has 0 spiro atoms. The maximum absolute atomic E-state index is 12.6. The van der Waals surface area contributed by atoms with Crippen molar-refractivity contribution < 1.29 is 18.0 Å². The number of nitrogens with zero attached hydrogens (tertiary/aromatic N) is 1. The van der Waals surface area contributed by atoms with Gasteiger partial charge in [0, 0.05) is 23.9 Å². The van der Waals surface area contributed by atoms with E-state index in [1.165, 1.54) is 4.90 Å². The Morgan fingerprint density at radius 3 is 2.42 bits per heavy atom. The Morgan fingerprint density at radius 1 is 1.26 bits per heavy atom. The van der Waals surface area contributed by atoms with Gasteiger partial charge in [0.25, 0.3) is 0 Å². The van der Waals surface area contributed by atoms with Gasteiger partial charge in [0.05, 0.1) is 6.54 Å². The van der Waals surface area contributed by atoms with Crippen molar-refractivity contribution in [3.63, 3.8) is 0 Å². The third kappa shape index (κ3) is 3.94. The number of halogens is 3. The fourth-order valence-corrected chi connectivity index (χ4v) is 3.07. The Balaban J connectivity index is 1.99. The molecule has 0 heterocycles. The van der Waals surface area contributed by atoms with Crippen molar-refractivity contribution in [2.24, 2.45) is 11.3 Å². The number of hydrogen-bond acceptors (Lipinski definition) is 2. The van der Waals surface area contributed by atoms with Crippen molar-refractivity contribution in [3.8, 4) is 0 Å². The van der Waals surface area contributed by atoms with Crippen molar-refractivity contribution in [1.29, 1.82) is 0 Å². The first kappa shape index (κ1) is 14.8. The Bertz CT molecular complexity index is 347. The van der Waals surface area contributed by atoms with Crippen LogP contribution in [0.2, 0.25) is 0 Å². The molecular formula is C14H22F3NO. The first-order chi connectivity index (χ1) is 8.69. The maximum atomic E-state index is 12.6. The summed E-state index contributed by atoms with van der Waals surface area (Å²) in [6.07, 6.45) is 0.0267. The smallest absolute Gasteiger partial charge is 0.299 e. The second-order valence-electron chi connectivity index (χ2n) is 6.61. The number of ketones is 1. The summed E-state index contributed by atoms with van der Waals surface area (Å²) in [4.78, 5) is 13.8. The zero-order valence-corrected chi connectivity index (χ0v) is 11.6. The summed E-state index contributed by atoms with van der Waals surface area (Å²) >= 11 is 0. The van der Waals surface area contributed by atoms with Crippen LogP contribution in [0.5, 0.6) is 0 Å². The average molecular weight is 277 g/mol. The number of alkyl halides is 3. The van der Waals surface area contributed by atoms with Crippen LogP contribution in [-0.4, -0.2) is 36.0 Å². The average Bonchev–Trinajstić information content (AvgIpc) is 3.05. The van der Waals surface area contributed by atoms with Gasteiger partial charge in [-0.15, -0.1) is 0 Å². The molecule has 0 aromatic rings. The fourth-order valence-electron chi connectivity index (χ4n) is 3.07. The van der Waals surface area contributed by atoms with E-state index in [1.54, 1.807) is 0 Å². The highest BCUT2D eigenvalue weighted by molar-refractivity contribution is 5.87. The second-order valence-corrected chi connectivity index (χ2v) is 6.61. The first-order valence-corrected chi connectivity index (χ1v) is 7.04. The van der Waals surface area contributed by atoms with E-state index in [2.05, 4.69) is 0 Å². The van der Waals surface area contributed by atoms with E-state index in [9.17, 15) is 18.0 Å². The highest BCUT2D eigenvalue weighted by Crippen LogP contribution is 2.38. The number of carbonyl (C=O) groups is 1. The minimum absolute atomic E-state index is 0.0412. The monoisotopic (exact) mass is 277 g/mol. The van der Waals surface area contributed by atoms with Crippen LogP contribution in [0.1, 0.15) is 46.0 Å². The third-order valence-electron chi connectivity index (χ3n) is 4.29. The van der Waals surface area contributed by atoms with Gasteiger partial charge < -0.3 is 0 Å². The quantitative estimate of drug-likeness (QED) is 0.785. The molecule has 2 saturated carbocycles. The molecule has 0 bridgehead atoms. The van der Waals surface area contributed by atoms with Gasteiger partial charge in [-0.1, -0.05) is 20.3 Å². The first-order valence-electron chi connectivity index (χ1n) is 7.04. The van der Waals surface area contributed by atoms with Gasteiger partial charge in [-0.3, -0.25) is 9.69 Å². The predicted molar refractivity (Wildman–Crippen MR) is 66.8 cm³/mol. The lowest BCUT2D eigenvalue weighted by Crippen LogP contribution is -2.45. The van der Waals surface area contributed by atoms with Gasteiger partial charge in [0.15, 0.2) is 0 Å². The van der Waals surface area contributed by atoms with Crippen molar-refractivity contribution >= 4 is 5.78 Å². The van der Waals surface area contributed by atoms with E-state index in [4.69, 9.17) is 0 Å². The second kappa shape index (κ2) is 5.08. The minimum Gasteiger partial charge on any atom is -0.299 e. The molecule has 0 amide bonds.